The second-order valence-electron chi connectivity index (χ2n) is 5.76. The van der Waals surface area contributed by atoms with Crippen LogP contribution in [0.5, 0.6) is 0 Å². The quantitative estimate of drug-likeness (QED) is 0.814. The summed E-state index contributed by atoms with van der Waals surface area (Å²) in [4.78, 5) is 22.4. The molecule has 23 heavy (non-hydrogen) atoms. The van der Waals surface area contributed by atoms with Crippen molar-refractivity contribution in [1.29, 1.82) is 0 Å². The number of nitrogens with two attached hydrogens (primary N) is 1. The van der Waals surface area contributed by atoms with Crippen molar-refractivity contribution in [2.75, 3.05) is 33.0 Å². The van der Waals surface area contributed by atoms with E-state index in [1.807, 2.05) is 0 Å². The molecule has 0 aromatic carbocycles. The molecule has 3 rings (SSSR count). The van der Waals surface area contributed by atoms with Gasteiger partial charge in [-0.3, -0.25) is 5.10 Å². The Morgan fingerprint density at radius 2 is 2.13 bits per heavy atom. The van der Waals surface area contributed by atoms with Gasteiger partial charge in [-0.2, -0.15) is 5.10 Å². The fourth-order valence-corrected chi connectivity index (χ4v) is 2.88. The van der Waals surface area contributed by atoms with Gasteiger partial charge < -0.3 is 15.4 Å². The molecular formula is C15H20N6O2. The molecule has 1 fully saturated rings. The second kappa shape index (κ2) is 6.33. The summed E-state index contributed by atoms with van der Waals surface area (Å²) in [6, 6.07) is 0. The molecule has 8 heteroatoms. The zero-order valence-electron chi connectivity index (χ0n) is 13.2. The lowest BCUT2D eigenvalue weighted by atomic mass is 9.91. The van der Waals surface area contributed by atoms with Gasteiger partial charge in [0.1, 0.15) is 0 Å². The molecule has 0 bridgehead atoms. The summed E-state index contributed by atoms with van der Waals surface area (Å²) in [6.07, 6.45) is 5.38. The van der Waals surface area contributed by atoms with Crippen molar-refractivity contribution in [2.24, 2.45) is 0 Å². The van der Waals surface area contributed by atoms with Gasteiger partial charge in [0.2, 0.25) is 0 Å². The van der Waals surface area contributed by atoms with E-state index >= 15 is 0 Å². The van der Waals surface area contributed by atoms with Crippen molar-refractivity contribution in [1.82, 2.24) is 25.1 Å². The number of nitrogen functional groups attached to an aromatic ring is 1. The Morgan fingerprint density at radius 1 is 1.39 bits per heavy atom. The number of nitrogens with zero attached hydrogens (tertiary/aromatic N) is 4. The smallest absolute Gasteiger partial charge is 0.360 e. The lowest BCUT2D eigenvalue weighted by Crippen LogP contribution is -2.29. The number of likely N-dealkylation sites (tertiary alicyclic amines) is 1. The minimum atomic E-state index is -0.596. The normalized spacial score (nSPS) is 16.4. The van der Waals surface area contributed by atoms with Crippen molar-refractivity contribution in [3.8, 4) is 11.3 Å². The van der Waals surface area contributed by atoms with E-state index in [1.54, 1.807) is 12.4 Å². The van der Waals surface area contributed by atoms with Crippen LogP contribution < -0.4 is 5.73 Å². The number of piperidine rings is 1. The largest absolute Gasteiger partial charge is 0.464 e. The number of hydrogen-bond acceptors (Lipinski definition) is 7. The van der Waals surface area contributed by atoms with Gasteiger partial charge in [-0.1, -0.05) is 0 Å². The van der Waals surface area contributed by atoms with Crippen LogP contribution in [0.25, 0.3) is 11.3 Å². The zero-order valence-corrected chi connectivity index (χ0v) is 13.2. The Balaban J connectivity index is 1.94. The van der Waals surface area contributed by atoms with E-state index in [0.717, 1.165) is 37.2 Å². The molecule has 1 saturated heterocycles. The maximum Gasteiger partial charge on any atom is 0.360 e. The summed E-state index contributed by atoms with van der Waals surface area (Å²) < 4.78 is 4.70. The van der Waals surface area contributed by atoms with Gasteiger partial charge in [0.05, 0.1) is 25.2 Å². The van der Waals surface area contributed by atoms with Gasteiger partial charge in [0, 0.05) is 17.2 Å². The monoisotopic (exact) mass is 316 g/mol. The Bertz CT molecular complexity index is 706. The third kappa shape index (κ3) is 3.02. The van der Waals surface area contributed by atoms with Crippen LogP contribution in [-0.4, -0.2) is 58.3 Å². The lowest BCUT2D eigenvalue weighted by molar-refractivity contribution is 0.0595. The van der Waals surface area contributed by atoms with Crippen LogP contribution in [0.2, 0.25) is 0 Å². The predicted octanol–water partition coefficient (Wildman–Crippen LogP) is 1.04. The number of methoxy groups -OCH3 is 1. The van der Waals surface area contributed by atoms with Crippen molar-refractivity contribution >= 4 is 11.8 Å². The highest BCUT2D eigenvalue weighted by Crippen LogP contribution is 2.33. The van der Waals surface area contributed by atoms with Gasteiger partial charge in [0.15, 0.2) is 11.5 Å². The number of anilines is 1. The molecule has 0 unspecified atom stereocenters. The molecule has 3 N–H and O–H groups in total. The first-order chi connectivity index (χ1) is 11.1. The van der Waals surface area contributed by atoms with E-state index < -0.39 is 5.97 Å². The Morgan fingerprint density at radius 3 is 2.83 bits per heavy atom. The van der Waals surface area contributed by atoms with Crippen molar-refractivity contribution < 1.29 is 9.53 Å². The standard InChI is InChI=1S/C15H20N6O2/c1-21-5-3-9(4-6-21)12-10(7-18-20-12)11-8-17-14(16)13(19-11)15(22)23-2/h7-9H,3-6H2,1-2H3,(H2,16,17)(H,18,20). The molecule has 2 aromatic rings. The molecule has 8 nitrogen and oxygen atoms in total. The van der Waals surface area contributed by atoms with Gasteiger partial charge >= 0.3 is 5.97 Å². The number of ether oxygens (including phenoxy) is 1. The molecule has 122 valence electrons. The Kier molecular flexibility index (Phi) is 4.24. The molecule has 1 aliphatic rings. The fourth-order valence-electron chi connectivity index (χ4n) is 2.88. The molecule has 2 aromatic heterocycles. The summed E-state index contributed by atoms with van der Waals surface area (Å²) >= 11 is 0. The molecular weight excluding hydrogens is 296 g/mol. The third-order valence-electron chi connectivity index (χ3n) is 4.25. The zero-order chi connectivity index (χ0) is 16.4. The van der Waals surface area contributed by atoms with Crippen LogP contribution >= 0.6 is 0 Å². The number of esters is 1. The highest BCUT2D eigenvalue weighted by Gasteiger charge is 2.24. The first-order valence-corrected chi connectivity index (χ1v) is 7.53. The van der Waals surface area contributed by atoms with Gasteiger partial charge in [-0.25, -0.2) is 14.8 Å². The number of hydrogen-bond donors (Lipinski definition) is 2. The molecule has 0 radical (unpaired) electrons. The van der Waals surface area contributed by atoms with Gasteiger partial charge in [-0.15, -0.1) is 0 Å². The molecule has 0 spiro atoms. The molecule has 0 amide bonds. The van der Waals surface area contributed by atoms with E-state index in [9.17, 15) is 4.79 Å². The molecule has 1 aliphatic heterocycles. The van der Waals surface area contributed by atoms with E-state index in [1.165, 1.54) is 7.11 Å². The van der Waals surface area contributed by atoms with Crippen LogP contribution in [0.15, 0.2) is 12.4 Å². The van der Waals surface area contributed by atoms with Gasteiger partial charge in [-0.05, 0) is 33.0 Å². The predicted molar refractivity (Wildman–Crippen MR) is 84.8 cm³/mol. The minimum Gasteiger partial charge on any atom is -0.464 e. The van der Waals surface area contributed by atoms with Crippen molar-refractivity contribution in [3.05, 3.63) is 23.8 Å². The molecule has 0 saturated carbocycles. The summed E-state index contributed by atoms with van der Waals surface area (Å²) in [6.45, 7) is 2.09. The van der Waals surface area contributed by atoms with Crippen molar-refractivity contribution in [3.63, 3.8) is 0 Å². The number of aromatic nitrogens is 4. The Labute approximate surface area is 134 Å². The minimum absolute atomic E-state index is 0.0283. The third-order valence-corrected chi connectivity index (χ3v) is 4.25. The highest BCUT2D eigenvalue weighted by atomic mass is 16.5. The van der Waals surface area contributed by atoms with Crippen molar-refractivity contribution in [2.45, 2.75) is 18.8 Å². The maximum atomic E-state index is 11.7. The summed E-state index contributed by atoms with van der Waals surface area (Å²) in [7, 11) is 3.41. The van der Waals surface area contributed by atoms with Crippen LogP contribution in [0.1, 0.15) is 34.9 Å². The maximum absolute atomic E-state index is 11.7. The SMILES string of the molecule is COC(=O)c1nc(-c2cn[nH]c2C2CCN(C)CC2)cnc1N. The lowest BCUT2D eigenvalue weighted by Gasteiger charge is -2.28. The number of aromatic amines is 1. The second-order valence-corrected chi connectivity index (χ2v) is 5.76. The number of nitrogens with one attached hydrogen (secondary N) is 1. The number of carbonyl (C=O) groups is 1. The van der Waals surface area contributed by atoms with Crippen LogP contribution in [-0.2, 0) is 4.74 Å². The number of carbonyl (C=O) groups excluding carboxylic acids is 1. The Hall–Kier alpha value is -2.48. The topological polar surface area (TPSA) is 110 Å². The molecule has 0 atom stereocenters. The highest BCUT2D eigenvalue weighted by molar-refractivity contribution is 5.92. The van der Waals surface area contributed by atoms with E-state index in [2.05, 4.69) is 32.1 Å². The first kappa shape index (κ1) is 15.4. The molecule has 0 aliphatic carbocycles. The van der Waals surface area contributed by atoms with E-state index in [-0.39, 0.29) is 11.5 Å². The van der Waals surface area contributed by atoms with Crippen LogP contribution in [0, 0.1) is 0 Å². The average molecular weight is 316 g/mol. The number of H-pyrrole nitrogens is 1. The average Bonchev–Trinajstić information content (AvgIpc) is 3.05. The summed E-state index contributed by atoms with van der Waals surface area (Å²) in [5, 5.41) is 7.24. The van der Waals surface area contributed by atoms with Crippen LogP contribution in [0.3, 0.4) is 0 Å². The van der Waals surface area contributed by atoms with E-state index in [4.69, 9.17) is 10.5 Å². The number of rotatable bonds is 3. The fraction of sp³-hybridized carbons (Fsp3) is 0.467. The molecule has 3 heterocycles. The summed E-state index contributed by atoms with van der Waals surface area (Å²) in [5.74, 6) is -0.143. The van der Waals surface area contributed by atoms with Gasteiger partial charge in [0.25, 0.3) is 0 Å². The van der Waals surface area contributed by atoms with Crippen LogP contribution in [0.4, 0.5) is 5.82 Å². The summed E-state index contributed by atoms with van der Waals surface area (Å²) in [5.41, 5.74) is 8.21. The van der Waals surface area contributed by atoms with E-state index in [0.29, 0.717) is 11.6 Å². The first-order valence-electron chi connectivity index (χ1n) is 7.53.